The number of unbranched alkanes of at least 4 members (excludes halogenated alkanes) is 32. The summed E-state index contributed by atoms with van der Waals surface area (Å²) in [5, 5.41) is 0. The van der Waals surface area contributed by atoms with E-state index in [1.165, 1.54) is 180 Å². The average molecular weight is 1020 g/mol. The van der Waals surface area contributed by atoms with E-state index in [1.54, 1.807) is 0 Å². The molecular formula is C62H117NO7P+. The van der Waals surface area contributed by atoms with E-state index in [4.69, 9.17) is 18.5 Å². The van der Waals surface area contributed by atoms with Crippen LogP contribution in [0.15, 0.2) is 60.8 Å². The standard InChI is InChI=1S/C62H116NO7P/c1-6-8-10-12-14-16-18-20-22-24-26-28-30-32-33-35-37-39-41-43-45-47-49-51-53-55-62(64)70-61(60-69-71(65,66)68-58-56-63(3,4)5)59-67-57-54-52-50-48-46-44-42-40-38-36-34-31-29-27-25-23-21-19-17-15-13-11-9-7-2/h9,11,15,17,21,23,27,29,34,36,61H,6-8,10,12-14,16,18-20,22,24-26,28,30-33,35,37-60H2,1-5H3/p+1/b11-9-,17-15-,23-21-,29-27-,36-34-. The van der Waals surface area contributed by atoms with Crippen molar-refractivity contribution in [3.8, 4) is 0 Å². The highest BCUT2D eigenvalue weighted by molar-refractivity contribution is 7.47. The van der Waals surface area contributed by atoms with Gasteiger partial charge in [0, 0.05) is 13.0 Å². The quantitative estimate of drug-likeness (QED) is 0.0213. The second kappa shape index (κ2) is 54.5. The number of likely N-dealkylation sites (N-methyl/N-ethyl adjacent to an activating group) is 1. The van der Waals surface area contributed by atoms with E-state index < -0.39 is 13.9 Å². The van der Waals surface area contributed by atoms with E-state index in [-0.39, 0.29) is 25.8 Å². The van der Waals surface area contributed by atoms with Crippen molar-refractivity contribution in [2.45, 2.75) is 277 Å². The molecule has 1 N–H and O–H groups in total. The fourth-order valence-electron chi connectivity index (χ4n) is 8.52. The molecule has 0 amide bonds. The van der Waals surface area contributed by atoms with Gasteiger partial charge in [0.15, 0.2) is 0 Å². The summed E-state index contributed by atoms with van der Waals surface area (Å²) in [4.78, 5) is 23.1. The molecular weight excluding hydrogens is 902 g/mol. The van der Waals surface area contributed by atoms with E-state index in [0.29, 0.717) is 24.1 Å². The predicted octanol–water partition coefficient (Wildman–Crippen LogP) is 19.2. The molecule has 0 radical (unpaired) electrons. The van der Waals surface area contributed by atoms with Crippen LogP contribution in [0.4, 0.5) is 0 Å². The normalized spacial score (nSPS) is 13.8. The van der Waals surface area contributed by atoms with Crippen molar-refractivity contribution in [2.75, 3.05) is 54.1 Å². The van der Waals surface area contributed by atoms with Gasteiger partial charge in [-0.25, -0.2) is 4.57 Å². The Morgan fingerprint density at radius 3 is 1.23 bits per heavy atom. The number of phosphoric ester groups is 1. The Balaban J connectivity index is 4.05. The molecule has 0 aliphatic heterocycles. The SMILES string of the molecule is CC/C=C\C/C=C\C/C=C\C/C=C\C/C=C\CCCCCCCCCCOCC(COP(=O)(O)OCC[N+](C)(C)C)OC(=O)CCCCCCCCCCCCCCCCCCCCCCCCCCC. The fourth-order valence-corrected chi connectivity index (χ4v) is 9.27. The Hall–Kier alpha value is -1.80. The summed E-state index contributed by atoms with van der Waals surface area (Å²) < 4.78 is 35.3. The third kappa shape index (κ3) is 59.0. The number of hydrogen-bond donors (Lipinski definition) is 1. The summed E-state index contributed by atoms with van der Waals surface area (Å²) in [5.41, 5.74) is 0. The molecule has 0 rings (SSSR count). The molecule has 0 aliphatic carbocycles. The molecule has 0 aliphatic rings. The number of esters is 1. The minimum absolute atomic E-state index is 0.0862. The van der Waals surface area contributed by atoms with E-state index >= 15 is 0 Å². The monoisotopic (exact) mass is 1020 g/mol. The molecule has 0 saturated heterocycles. The van der Waals surface area contributed by atoms with Crippen molar-refractivity contribution in [1.29, 1.82) is 0 Å². The van der Waals surface area contributed by atoms with Gasteiger partial charge in [-0.05, 0) is 57.8 Å². The van der Waals surface area contributed by atoms with Gasteiger partial charge in [-0.15, -0.1) is 0 Å². The highest BCUT2D eigenvalue weighted by Gasteiger charge is 2.26. The van der Waals surface area contributed by atoms with E-state index in [9.17, 15) is 14.3 Å². The molecule has 416 valence electrons. The molecule has 9 heteroatoms. The minimum Gasteiger partial charge on any atom is -0.457 e. The van der Waals surface area contributed by atoms with Gasteiger partial charge >= 0.3 is 13.8 Å². The Bertz CT molecular complexity index is 1320. The third-order valence-electron chi connectivity index (χ3n) is 13.1. The van der Waals surface area contributed by atoms with Crippen LogP contribution < -0.4 is 0 Å². The summed E-state index contributed by atoms with van der Waals surface area (Å²) in [5.74, 6) is -0.312. The number of carbonyl (C=O) groups excluding carboxylic acids is 1. The third-order valence-corrected chi connectivity index (χ3v) is 14.1. The smallest absolute Gasteiger partial charge is 0.457 e. The summed E-state index contributed by atoms with van der Waals surface area (Å²) >= 11 is 0. The Morgan fingerprint density at radius 2 is 0.817 bits per heavy atom. The number of quaternary nitrogens is 1. The van der Waals surface area contributed by atoms with Crippen molar-refractivity contribution < 1.29 is 37.3 Å². The lowest BCUT2D eigenvalue weighted by Crippen LogP contribution is -2.37. The molecule has 2 atom stereocenters. The molecule has 2 unspecified atom stereocenters. The number of allylic oxidation sites excluding steroid dienone is 10. The number of ether oxygens (including phenoxy) is 2. The van der Waals surface area contributed by atoms with Crippen LogP contribution in [-0.2, 0) is 27.9 Å². The van der Waals surface area contributed by atoms with Gasteiger partial charge in [-0.3, -0.25) is 13.8 Å². The van der Waals surface area contributed by atoms with Crippen LogP contribution in [0.3, 0.4) is 0 Å². The van der Waals surface area contributed by atoms with Gasteiger partial charge in [0.2, 0.25) is 0 Å². The lowest BCUT2D eigenvalue weighted by Gasteiger charge is -2.24. The lowest BCUT2D eigenvalue weighted by molar-refractivity contribution is -0.870. The average Bonchev–Trinajstić information content (AvgIpc) is 3.33. The van der Waals surface area contributed by atoms with Gasteiger partial charge in [0.1, 0.15) is 19.3 Å². The van der Waals surface area contributed by atoms with Crippen LogP contribution in [0, 0.1) is 0 Å². The lowest BCUT2D eigenvalue weighted by atomic mass is 10.0. The van der Waals surface area contributed by atoms with Crippen LogP contribution in [0.1, 0.15) is 271 Å². The molecule has 0 aromatic heterocycles. The van der Waals surface area contributed by atoms with Crippen molar-refractivity contribution >= 4 is 13.8 Å². The summed E-state index contributed by atoms with van der Waals surface area (Å²) in [6, 6.07) is 0. The highest BCUT2D eigenvalue weighted by atomic mass is 31.2. The number of hydrogen-bond acceptors (Lipinski definition) is 6. The molecule has 8 nitrogen and oxygen atoms in total. The van der Waals surface area contributed by atoms with Crippen LogP contribution in [-0.4, -0.2) is 75.6 Å². The van der Waals surface area contributed by atoms with Crippen LogP contribution >= 0.6 is 7.82 Å². The van der Waals surface area contributed by atoms with E-state index in [1.807, 2.05) is 21.1 Å². The van der Waals surface area contributed by atoms with Gasteiger partial charge in [0.25, 0.3) is 0 Å². The molecule has 0 saturated carbocycles. The van der Waals surface area contributed by atoms with E-state index in [0.717, 1.165) is 70.6 Å². The second-order valence-corrected chi connectivity index (χ2v) is 22.8. The molecule has 71 heavy (non-hydrogen) atoms. The molecule has 0 heterocycles. The predicted molar refractivity (Wildman–Crippen MR) is 307 cm³/mol. The first kappa shape index (κ1) is 69.2. The van der Waals surface area contributed by atoms with Crippen LogP contribution in [0.2, 0.25) is 0 Å². The van der Waals surface area contributed by atoms with Crippen molar-refractivity contribution in [2.24, 2.45) is 0 Å². The molecule has 0 spiro atoms. The maximum atomic E-state index is 12.8. The molecule has 0 aromatic rings. The minimum atomic E-state index is -4.29. The zero-order valence-electron chi connectivity index (χ0n) is 47.5. The van der Waals surface area contributed by atoms with Gasteiger partial charge in [-0.1, -0.05) is 267 Å². The Labute approximate surface area is 440 Å². The zero-order valence-corrected chi connectivity index (χ0v) is 48.4. The van der Waals surface area contributed by atoms with Crippen LogP contribution in [0.25, 0.3) is 0 Å². The first-order valence-corrected chi connectivity index (χ1v) is 31.5. The molecule has 0 aromatic carbocycles. The molecule has 0 fully saturated rings. The highest BCUT2D eigenvalue weighted by Crippen LogP contribution is 2.43. The molecule has 0 bridgehead atoms. The van der Waals surface area contributed by atoms with Gasteiger partial charge in [-0.2, -0.15) is 0 Å². The number of nitrogens with zero attached hydrogens (tertiary/aromatic N) is 1. The number of phosphoric acid groups is 1. The topological polar surface area (TPSA) is 91.3 Å². The maximum Gasteiger partial charge on any atom is 0.472 e. The first-order chi connectivity index (χ1) is 34.6. The zero-order chi connectivity index (χ0) is 51.9. The van der Waals surface area contributed by atoms with Gasteiger partial charge < -0.3 is 18.9 Å². The van der Waals surface area contributed by atoms with E-state index in [2.05, 4.69) is 74.6 Å². The second-order valence-electron chi connectivity index (χ2n) is 21.4. The number of rotatable bonds is 56. The van der Waals surface area contributed by atoms with Crippen molar-refractivity contribution in [1.82, 2.24) is 0 Å². The summed E-state index contributed by atoms with van der Waals surface area (Å²) in [6.07, 6.45) is 71.5. The first-order valence-electron chi connectivity index (χ1n) is 30.0. The number of carbonyl (C=O) groups is 1. The van der Waals surface area contributed by atoms with Crippen LogP contribution in [0.5, 0.6) is 0 Å². The summed E-state index contributed by atoms with van der Waals surface area (Å²) in [6.45, 7) is 5.53. The Morgan fingerprint density at radius 1 is 0.451 bits per heavy atom. The summed E-state index contributed by atoms with van der Waals surface area (Å²) in [7, 11) is 1.67. The maximum absolute atomic E-state index is 12.8. The fraction of sp³-hybridized carbons (Fsp3) is 0.823. The van der Waals surface area contributed by atoms with Crippen molar-refractivity contribution in [3.05, 3.63) is 60.8 Å². The van der Waals surface area contributed by atoms with Crippen molar-refractivity contribution in [3.63, 3.8) is 0 Å². The Kier molecular flexibility index (Phi) is 53.1. The largest absolute Gasteiger partial charge is 0.472 e. The van der Waals surface area contributed by atoms with Gasteiger partial charge in [0.05, 0.1) is 34.4 Å².